The fourth-order valence-corrected chi connectivity index (χ4v) is 4.14. The summed E-state index contributed by atoms with van der Waals surface area (Å²) >= 11 is 0. The average Bonchev–Trinajstić information content (AvgIpc) is 3.31. The lowest BCUT2D eigenvalue weighted by Gasteiger charge is -2.28. The van der Waals surface area contributed by atoms with Gasteiger partial charge in [0.2, 0.25) is 5.91 Å². The summed E-state index contributed by atoms with van der Waals surface area (Å²) in [5.41, 5.74) is 2.59. The Morgan fingerprint density at radius 1 is 0.767 bits per heavy atom. The normalized spacial score (nSPS) is 22.8. The Labute approximate surface area is 173 Å². The molecule has 0 radical (unpaired) electrons. The van der Waals surface area contributed by atoms with Crippen LogP contribution in [0.2, 0.25) is 0 Å². The molecule has 0 unspecified atom stereocenters. The third-order valence-corrected chi connectivity index (χ3v) is 5.52. The zero-order valence-electron chi connectivity index (χ0n) is 15.9. The Morgan fingerprint density at radius 3 is 2.03 bits per heavy atom. The van der Waals surface area contributed by atoms with Gasteiger partial charge in [0.25, 0.3) is 5.91 Å². The molecule has 146 valence electrons. The number of benzene rings is 3. The first-order chi connectivity index (χ1) is 14.7. The predicted molar refractivity (Wildman–Crippen MR) is 110 cm³/mol. The van der Waals surface area contributed by atoms with Crippen LogP contribution >= 0.6 is 0 Å². The van der Waals surface area contributed by atoms with Gasteiger partial charge in [-0.2, -0.15) is 5.26 Å². The topological polar surface area (TPSA) is 73.6 Å². The van der Waals surface area contributed by atoms with Crippen molar-refractivity contribution in [3.8, 4) is 6.07 Å². The number of fused-ring (bicyclic) bond motifs is 1. The molecule has 5 rings (SSSR count). The monoisotopic (exact) mass is 395 g/mol. The Bertz CT molecular complexity index is 1140. The van der Waals surface area contributed by atoms with Gasteiger partial charge in [-0.25, -0.2) is 9.96 Å². The third-order valence-electron chi connectivity index (χ3n) is 5.52. The zero-order chi connectivity index (χ0) is 20.7. The second-order valence-corrected chi connectivity index (χ2v) is 7.24. The van der Waals surface area contributed by atoms with Crippen LogP contribution in [0.1, 0.15) is 17.2 Å². The molecule has 2 aliphatic rings. The number of nitriles is 1. The molecule has 2 fully saturated rings. The van der Waals surface area contributed by atoms with Gasteiger partial charge in [-0.05, 0) is 42.0 Å². The van der Waals surface area contributed by atoms with Gasteiger partial charge in [-0.15, -0.1) is 0 Å². The molecule has 0 N–H and O–H groups in total. The number of anilines is 2. The van der Waals surface area contributed by atoms with Crippen LogP contribution in [0.25, 0.3) is 0 Å². The first-order valence-corrected chi connectivity index (χ1v) is 9.63. The van der Waals surface area contributed by atoms with E-state index in [-0.39, 0.29) is 5.91 Å². The summed E-state index contributed by atoms with van der Waals surface area (Å²) in [7, 11) is 0. The van der Waals surface area contributed by atoms with Crippen LogP contribution in [-0.4, -0.2) is 17.9 Å². The number of rotatable bonds is 3. The highest BCUT2D eigenvalue weighted by Crippen LogP contribution is 2.47. The predicted octanol–water partition coefficient (Wildman–Crippen LogP) is 3.61. The van der Waals surface area contributed by atoms with Crippen LogP contribution in [0.5, 0.6) is 0 Å². The van der Waals surface area contributed by atoms with Crippen LogP contribution in [0.3, 0.4) is 0 Å². The van der Waals surface area contributed by atoms with Gasteiger partial charge in [0.15, 0.2) is 6.10 Å². The number of para-hydroxylation sites is 1. The summed E-state index contributed by atoms with van der Waals surface area (Å²) in [6.45, 7) is 0. The van der Waals surface area contributed by atoms with E-state index in [0.29, 0.717) is 11.3 Å². The fraction of sp³-hybridized carbons (Fsp3) is 0.125. The second kappa shape index (κ2) is 7.14. The largest absolute Gasteiger partial charge is 0.273 e. The van der Waals surface area contributed by atoms with Crippen molar-refractivity contribution in [1.29, 1.82) is 5.26 Å². The van der Waals surface area contributed by atoms with E-state index in [1.807, 2.05) is 66.7 Å². The molecule has 30 heavy (non-hydrogen) atoms. The smallest absolute Gasteiger partial charge is 0.266 e. The number of hydrogen-bond donors (Lipinski definition) is 0. The molecule has 6 nitrogen and oxygen atoms in total. The van der Waals surface area contributed by atoms with Crippen molar-refractivity contribution in [2.45, 2.75) is 12.1 Å². The van der Waals surface area contributed by atoms with Crippen LogP contribution in [0.15, 0.2) is 84.9 Å². The fourth-order valence-electron chi connectivity index (χ4n) is 4.14. The molecule has 0 saturated carbocycles. The van der Waals surface area contributed by atoms with Crippen LogP contribution in [-0.2, 0) is 14.4 Å². The van der Waals surface area contributed by atoms with Gasteiger partial charge in [0, 0.05) is 0 Å². The standard InChI is InChI=1S/C24H17N3O3/c25-15-16-11-13-18(14-12-16)26-23(28)20-21(17-7-3-1-4-8-17)27(30-22(20)24(26)29)19-9-5-2-6-10-19/h1-14,20-22H/t20-,21-,22-/m0/s1. The van der Waals surface area contributed by atoms with Gasteiger partial charge >= 0.3 is 0 Å². The molecule has 2 aliphatic heterocycles. The van der Waals surface area contributed by atoms with Gasteiger partial charge in [-0.1, -0.05) is 48.5 Å². The molecule has 3 aromatic rings. The minimum atomic E-state index is -0.904. The maximum atomic E-state index is 13.4. The lowest BCUT2D eigenvalue weighted by Crippen LogP contribution is -2.37. The third kappa shape index (κ3) is 2.76. The quantitative estimate of drug-likeness (QED) is 0.634. The van der Waals surface area contributed by atoms with Crippen molar-refractivity contribution in [3.63, 3.8) is 0 Å². The molecular weight excluding hydrogens is 378 g/mol. The van der Waals surface area contributed by atoms with E-state index in [9.17, 15) is 9.59 Å². The molecule has 0 spiro atoms. The van der Waals surface area contributed by atoms with E-state index in [2.05, 4.69) is 0 Å². The van der Waals surface area contributed by atoms with E-state index >= 15 is 0 Å². The maximum Gasteiger partial charge on any atom is 0.266 e. The minimum Gasteiger partial charge on any atom is -0.273 e. The van der Waals surface area contributed by atoms with Crippen molar-refractivity contribution in [2.24, 2.45) is 5.92 Å². The van der Waals surface area contributed by atoms with E-state index in [1.54, 1.807) is 29.3 Å². The number of hydroxylamine groups is 1. The van der Waals surface area contributed by atoms with Crippen molar-refractivity contribution in [1.82, 2.24) is 0 Å². The number of carbonyl (C=O) groups is 2. The van der Waals surface area contributed by atoms with Crippen LogP contribution in [0, 0.1) is 17.2 Å². The molecule has 2 amide bonds. The van der Waals surface area contributed by atoms with Gasteiger partial charge in [0.1, 0.15) is 5.92 Å². The summed E-state index contributed by atoms with van der Waals surface area (Å²) in [4.78, 5) is 33.9. The highest BCUT2D eigenvalue weighted by atomic mass is 16.7. The number of amides is 2. The zero-order valence-corrected chi connectivity index (χ0v) is 15.9. The Morgan fingerprint density at radius 2 is 1.40 bits per heavy atom. The number of hydrogen-bond acceptors (Lipinski definition) is 5. The first kappa shape index (κ1) is 18.1. The molecular formula is C24H17N3O3. The number of imide groups is 1. The summed E-state index contributed by atoms with van der Waals surface area (Å²) in [6, 6.07) is 27.1. The Balaban J connectivity index is 1.56. The highest BCUT2D eigenvalue weighted by molar-refractivity contribution is 6.23. The molecule has 0 aromatic heterocycles. The lowest BCUT2D eigenvalue weighted by atomic mass is 9.90. The highest BCUT2D eigenvalue weighted by Gasteiger charge is 2.60. The molecule has 0 aliphatic carbocycles. The number of carbonyl (C=O) groups excluding carboxylic acids is 2. The molecule has 2 heterocycles. The second-order valence-electron chi connectivity index (χ2n) is 7.24. The average molecular weight is 395 g/mol. The summed E-state index contributed by atoms with van der Waals surface area (Å²) < 4.78 is 0. The van der Waals surface area contributed by atoms with Crippen molar-refractivity contribution in [2.75, 3.05) is 9.96 Å². The minimum absolute atomic E-state index is 0.304. The molecule has 2 saturated heterocycles. The van der Waals surface area contributed by atoms with E-state index < -0.39 is 24.0 Å². The van der Waals surface area contributed by atoms with E-state index in [4.69, 9.17) is 10.1 Å². The van der Waals surface area contributed by atoms with Gasteiger partial charge in [0.05, 0.1) is 29.0 Å². The van der Waals surface area contributed by atoms with Gasteiger partial charge in [-0.3, -0.25) is 14.4 Å². The maximum absolute atomic E-state index is 13.4. The Hall–Kier alpha value is -3.95. The molecule has 3 atom stereocenters. The van der Waals surface area contributed by atoms with Crippen molar-refractivity contribution < 1.29 is 14.4 Å². The molecule has 0 bridgehead atoms. The van der Waals surface area contributed by atoms with Crippen molar-refractivity contribution >= 4 is 23.2 Å². The van der Waals surface area contributed by atoms with E-state index in [1.165, 1.54) is 4.90 Å². The SMILES string of the molecule is N#Cc1ccc(N2C(=O)[C@@H]3[C@H](ON(c4ccccc4)[C@H]3c3ccccc3)C2=O)cc1. The molecule has 6 heteroatoms. The van der Waals surface area contributed by atoms with Gasteiger partial charge < -0.3 is 0 Å². The van der Waals surface area contributed by atoms with E-state index in [0.717, 1.165) is 11.3 Å². The Kier molecular flexibility index (Phi) is 4.31. The van der Waals surface area contributed by atoms with Crippen LogP contribution in [0.4, 0.5) is 11.4 Å². The molecule has 3 aromatic carbocycles. The first-order valence-electron chi connectivity index (χ1n) is 9.63. The summed E-state index contributed by atoms with van der Waals surface area (Å²) in [6.07, 6.45) is -0.904. The summed E-state index contributed by atoms with van der Waals surface area (Å²) in [5.74, 6) is -1.37. The number of nitrogens with zero attached hydrogens (tertiary/aromatic N) is 3. The van der Waals surface area contributed by atoms with Crippen LogP contribution < -0.4 is 9.96 Å². The van der Waals surface area contributed by atoms with Crippen molar-refractivity contribution in [3.05, 3.63) is 96.1 Å². The lowest BCUT2D eigenvalue weighted by molar-refractivity contribution is -0.126. The summed E-state index contributed by atoms with van der Waals surface area (Å²) in [5, 5.41) is 10.7.